The molecular weight excluding hydrogens is 340 g/mol. The molecule has 0 radical (unpaired) electrons. The van der Waals surface area contributed by atoms with Crippen LogP contribution in [0.25, 0.3) is 11.4 Å². The molecule has 2 aromatic rings. The standard InChI is InChI=1S/C17H19BrN4/c1-21-15(14(12-19)22-10-6-3-7-11-22)16(18)20-17(21)13-8-4-2-5-9-13/h2,4-5,8-9,14H,3,6-7,10-11H2,1H3. The van der Waals surface area contributed by atoms with Crippen LogP contribution in [0.4, 0.5) is 0 Å². The number of halogens is 1. The predicted molar refractivity (Wildman–Crippen MR) is 90.1 cm³/mol. The van der Waals surface area contributed by atoms with Gasteiger partial charge in [0.05, 0.1) is 11.8 Å². The highest BCUT2D eigenvalue weighted by Gasteiger charge is 2.28. The Labute approximate surface area is 139 Å². The Morgan fingerprint density at radius 3 is 2.50 bits per heavy atom. The number of likely N-dealkylation sites (tertiary alicyclic amines) is 1. The Morgan fingerprint density at radius 2 is 1.86 bits per heavy atom. The summed E-state index contributed by atoms with van der Waals surface area (Å²) < 4.78 is 2.81. The van der Waals surface area contributed by atoms with E-state index >= 15 is 0 Å². The molecule has 0 amide bonds. The zero-order chi connectivity index (χ0) is 15.5. The van der Waals surface area contributed by atoms with Crippen molar-refractivity contribution in [2.24, 2.45) is 7.05 Å². The number of imidazole rings is 1. The second kappa shape index (κ2) is 6.64. The van der Waals surface area contributed by atoms with Gasteiger partial charge in [0.25, 0.3) is 0 Å². The Hall–Kier alpha value is -1.64. The van der Waals surface area contributed by atoms with Crippen molar-refractivity contribution in [3.63, 3.8) is 0 Å². The zero-order valence-electron chi connectivity index (χ0n) is 12.7. The van der Waals surface area contributed by atoms with Crippen LogP contribution in [0.1, 0.15) is 31.0 Å². The highest BCUT2D eigenvalue weighted by Crippen LogP contribution is 2.32. The first-order chi connectivity index (χ1) is 10.7. The normalized spacial score (nSPS) is 17.1. The predicted octanol–water partition coefficient (Wildman–Crippen LogP) is 3.90. The molecular formula is C17H19BrN4. The molecule has 1 aromatic carbocycles. The topological polar surface area (TPSA) is 44.9 Å². The van der Waals surface area contributed by atoms with E-state index < -0.39 is 0 Å². The number of benzene rings is 1. The molecule has 1 aliphatic rings. The third kappa shape index (κ3) is 2.81. The maximum Gasteiger partial charge on any atom is 0.141 e. The van der Waals surface area contributed by atoms with Crippen LogP contribution in [0.3, 0.4) is 0 Å². The third-order valence-corrected chi connectivity index (χ3v) is 4.85. The van der Waals surface area contributed by atoms with Crippen molar-refractivity contribution in [1.29, 1.82) is 5.26 Å². The zero-order valence-corrected chi connectivity index (χ0v) is 14.3. The van der Waals surface area contributed by atoms with E-state index in [0.717, 1.165) is 34.8 Å². The molecule has 1 fully saturated rings. The van der Waals surface area contributed by atoms with E-state index in [9.17, 15) is 5.26 Å². The summed E-state index contributed by atoms with van der Waals surface area (Å²) in [5.41, 5.74) is 2.01. The highest BCUT2D eigenvalue weighted by atomic mass is 79.9. The molecule has 22 heavy (non-hydrogen) atoms. The molecule has 0 spiro atoms. The first kappa shape index (κ1) is 15.3. The number of rotatable bonds is 3. The molecule has 4 nitrogen and oxygen atoms in total. The van der Waals surface area contributed by atoms with Gasteiger partial charge in [-0.15, -0.1) is 0 Å². The second-order valence-corrected chi connectivity index (χ2v) is 6.42. The Bertz CT molecular complexity index is 681. The van der Waals surface area contributed by atoms with Crippen LogP contribution < -0.4 is 0 Å². The van der Waals surface area contributed by atoms with E-state index in [1.165, 1.54) is 19.3 Å². The van der Waals surface area contributed by atoms with E-state index in [1.54, 1.807) is 0 Å². The Balaban J connectivity index is 2.00. The van der Waals surface area contributed by atoms with Gasteiger partial charge in [0.15, 0.2) is 0 Å². The number of piperidine rings is 1. The minimum absolute atomic E-state index is 0.246. The average Bonchev–Trinajstić information content (AvgIpc) is 2.86. The van der Waals surface area contributed by atoms with Crippen molar-refractivity contribution in [2.45, 2.75) is 25.3 Å². The number of nitrogens with zero attached hydrogens (tertiary/aromatic N) is 4. The minimum atomic E-state index is -0.246. The molecule has 0 aliphatic carbocycles. The molecule has 1 atom stereocenters. The third-order valence-electron chi connectivity index (χ3n) is 4.26. The second-order valence-electron chi connectivity index (χ2n) is 5.66. The lowest BCUT2D eigenvalue weighted by molar-refractivity contribution is 0.191. The van der Waals surface area contributed by atoms with Gasteiger partial charge in [-0.25, -0.2) is 4.98 Å². The van der Waals surface area contributed by atoms with Crippen LogP contribution in [-0.2, 0) is 7.05 Å². The molecule has 0 saturated carbocycles. The summed E-state index contributed by atoms with van der Waals surface area (Å²) >= 11 is 3.56. The fourth-order valence-electron chi connectivity index (χ4n) is 3.11. The van der Waals surface area contributed by atoms with Gasteiger partial charge in [0, 0.05) is 12.6 Å². The highest BCUT2D eigenvalue weighted by molar-refractivity contribution is 9.10. The summed E-state index contributed by atoms with van der Waals surface area (Å²) in [6.45, 7) is 1.97. The van der Waals surface area contributed by atoms with Gasteiger partial charge in [-0.05, 0) is 41.9 Å². The fraction of sp³-hybridized carbons (Fsp3) is 0.412. The number of hydrogen-bond acceptors (Lipinski definition) is 3. The van der Waals surface area contributed by atoms with Gasteiger partial charge in [0.2, 0.25) is 0 Å². The quantitative estimate of drug-likeness (QED) is 0.835. The lowest BCUT2D eigenvalue weighted by Gasteiger charge is -2.30. The fourth-order valence-corrected chi connectivity index (χ4v) is 3.76. The molecule has 1 aliphatic heterocycles. The van der Waals surface area contributed by atoms with Crippen molar-refractivity contribution in [1.82, 2.24) is 14.5 Å². The summed E-state index contributed by atoms with van der Waals surface area (Å²) in [7, 11) is 1.99. The average molecular weight is 359 g/mol. The first-order valence-corrected chi connectivity index (χ1v) is 8.43. The van der Waals surface area contributed by atoms with Gasteiger partial charge >= 0.3 is 0 Å². The van der Waals surface area contributed by atoms with Gasteiger partial charge in [0.1, 0.15) is 16.5 Å². The molecule has 0 bridgehead atoms. The largest absolute Gasteiger partial charge is 0.328 e. The summed E-state index contributed by atoms with van der Waals surface area (Å²) in [5.74, 6) is 0.889. The number of nitriles is 1. The summed E-state index contributed by atoms with van der Waals surface area (Å²) in [4.78, 5) is 6.91. The molecule has 1 saturated heterocycles. The van der Waals surface area contributed by atoms with Crippen LogP contribution in [0, 0.1) is 11.3 Å². The van der Waals surface area contributed by atoms with Crippen LogP contribution >= 0.6 is 15.9 Å². The van der Waals surface area contributed by atoms with Gasteiger partial charge in [-0.2, -0.15) is 5.26 Å². The van der Waals surface area contributed by atoms with Gasteiger partial charge < -0.3 is 4.57 Å². The van der Waals surface area contributed by atoms with Crippen LogP contribution in [0.2, 0.25) is 0 Å². The lowest BCUT2D eigenvalue weighted by atomic mass is 10.1. The van der Waals surface area contributed by atoms with Crippen molar-refractivity contribution < 1.29 is 0 Å². The number of aromatic nitrogens is 2. The minimum Gasteiger partial charge on any atom is -0.328 e. The Kier molecular flexibility index (Phi) is 4.60. The molecule has 1 aromatic heterocycles. The summed E-state index contributed by atoms with van der Waals surface area (Å²) in [5, 5.41) is 9.71. The SMILES string of the molecule is Cn1c(-c2ccccc2)nc(Br)c1C(C#N)N1CCCCC1. The van der Waals surface area contributed by atoms with Gasteiger partial charge in [-0.3, -0.25) is 4.90 Å². The molecule has 114 valence electrons. The molecule has 5 heteroatoms. The summed E-state index contributed by atoms with van der Waals surface area (Å²) in [6, 6.07) is 12.3. The maximum atomic E-state index is 9.71. The van der Waals surface area contributed by atoms with Crippen LogP contribution in [0.15, 0.2) is 34.9 Å². The first-order valence-electron chi connectivity index (χ1n) is 7.63. The van der Waals surface area contributed by atoms with Crippen molar-refractivity contribution >= 4 is 15.9 Å². The van der Waals surface area contributed by atoms with Gasteiger partial charge in [-0.1, -0.05) is 36.8 Å². The van der Waals surface area contributed by atoms with Crippen LogP contribution in [-0.4, -0.2) is 27.5 Å². The van der Waals surface area contributed by atoms with E-state index in [2.05, 4.69) is 31.9 Å². The smallest absolute Gasteiger partial charge is 0.141 e. The van der Waals surface area contributed by atoms with Crippen LogP contribution in [0.5, 0.6) is 0 Å². The van der Waals surface area contributed by atoms with E-state index in [1.807, 2.05) is 41.9 Å². The molecule has 1 unspecified atom stereocenters. The van der Waals surface area contributed by atoms with Crippen molar-refractivity contribution in [3.8, 4) is 17.5 Å². The summed E-state index contributed by atoms with van der Waals surface area (Å²) in [6.07, 6.45) is 3.59. The lowest BCUT2D eigenvalue weighted by Crippen LogP contribution is -2.34. The van der Waals surface area contributed by atoms with E-state index in [-0.39, 0.29) is 6.04 Å². The van der Waals surface area contributed by atoms with Crippen molar-refractivity contribution in [3.05, 3.63) is 40.6 Å². The molecule has 3 rings (SSSR count). The molecule has 0 N–H and O–H groups in total. The van der Waals surface area contributed by atoms with E-state index in [4.69, 9.17) is 0 Å². The monoisotopic (exact) mass is 358 g/mol. The number of hydrogen-bond donors (Lipinski definition) is 0. The maximum absolute atomic E-state index is 9.71. The van der Waals surface area contributed by atoms with Crippen molar-refractivity contribution in [2.75, 3.05) is 13.1 Å². The van der Waals surface area contributed by atoms with E-state index in [0.29, 0.717) is 0 Å². The Morgan fingerprint density at radius 1 is 1.18 bits per heavy atom. The molecule has 2 heterocycles.